The Morgan fingerprint density at radius 1 is 1.15 bits per heavy atom. The van der Waals surface area contributed by atoms with E-state index in [1.165, 1.54) is 23.0 Å². The molecule has 0 unspecified atom stereocenters. The zero-order valence-corrected chi connectivity index (χ0v) is 13.9. The van der Waals surface area contributed by atoms with Gasteiger partial charge in [0.2, 0.25) is 0 Å². The molecule has 0 saturated heterocycles. The van der Waals surface area contributed by atoms with E-state index in [2.05, 4.69) is 15.1 Å². The summed E-state index contributed by atoms with van der Waals surface area (Å²) in [6.45, 7) is 2.39. The van der Waals surface area contributed by atoms with E-state index in [-0.39, 0.29) is 16.7 Å². The lowest BCUT2D eigenvalue weighted by molar-refractivity contribution is -0.144. The van der Waals surface area contributed by atoms with Crippen LogP contribution >= 0.6 is 0 Å². The molecule has 0 N–H and O–H groups in total. The van der Waals surface area contributed by atoms with Crippen molar-refractivity contribution in [1.29, 1.82) is 0 Å². The molecule has 0 amide bonds. The van der Waals surface area contributed by atoms with Gasteiger partial charge in [0.15, 0.2) is 0 Å². The van der Waals surface area contributed by atoms with Crippen molar-refractivity contribution in [2.24, 2.45) is 0 Å². The van der Waals surface area contributed by atoms with Crippen LogP contribution in [0.4, 0.5) is 13.2 Å². The van der Waals surface area contributed by atoms with Gasteiger partial charge in [0.25, 0.3) is 17.2 Å². The first kappa shape index (κ1) is 17.0. The molecule has 7 nitrogen and oxygen atoms in total. The third-order valence-electron chi connectivity index (χ3n) is 3.91. The second-order valence-corrected chi connectivity index (χ2v) is 5.62. The minimum atomic E-state index is -4.70. The average Bonchev–Trinajstić information content (AvgIpc) is 3.08. The Morgan fingerprint density at radius 3 is 2.56 bits per heavy atom. The molecular formula is C17H12F3N5O2. The van der Waals surface area contributed by atoms with Gasteiger partial charge in [0.05, 0.1) is 17.5 Å². The molecule has 0 spiro atoms. The summed E-state index contributed by atoms with van der Waals surface area (Å²) in [7, 11) is 0. The van der Waals surface area contributed by atoms with Crippen LogP contribution in [0.5, 0.6) is 5.75 Å². The molecule has 1 aromatic carbocycles. The number of fused-ring (bicyclic) bond motifs is 3. The first-order chi connectivity index (χ1) is 12.9. The maximum atomic E-state index is 12.8. The van der Waals surface area contributed by atoms with Crippen LogP contribution in [0.15, 0.2) is 47.5 Å². The van der Waals surface area contributed by atoms with Gasteiger partial charge < -0.3 is 4.74 Å². The summed E-state index contributed by atoms with van der Waals surface area (Å²) in [5, 5.41) is 3.56. The summed E-state index contributed by atoms with van der Waals surface area (Å²) < 4.78 is 46.2. The summed E-state index contributed by atoms with van der Waals surface area (Å²) >= 11 is 0. The van der Waals surface area contributed by atoms with Crippen LogP contribution in [0.25, 0.3) is 22.4 Å². The highest BCUT2D eigenvalue weighted by Gasteiger charge is 2.36. The number of nitrogens with zero attached hydrogens (tertiary/aromatic N) is 5. The molecule has 0 aliphatic rings. The summed E-state index contributed by atoms with van der Waals surface area (Å²) in [5.41, 5.74) is 0.338. The molecule has 0 bridgehead atoms. The van der Waals surface area contributed by atoms with Crippen molar-refractivity contribution < 1.29 is 17.9 Å². The lowest BCUT2D eigenvalue weighted by Crippen LogP contribution is -2.18. The minimum Gasteiger partial charge on any atom is -0.494 e. The number of hydrogen-bond donors (Lipinski definition) is 0. The zero-order valence-electron chi connectivity index (χ0n) is 13.9. The maximum Gasteiger partial charge on any atom is 0.453 e. The highest BCUT2D eigenvalue weighted by molar-refractivity contribution is 5.79. The topological polar surface area (TPSA) is 74.3 Å². The molecule has 0 saturated carbocycles. The van der Waals surface area contributed by atoms with Crippen LogP contribution in [0, 0.1) is 0 Å². The highest BCUT2D eigenvalue weighted by atomic mass is 19.4. The van der Waals surface area contributed by atoms with E-state index in [0.29, 0.717) is 18.0 Å². The second kappa shape index (κ2) is 6.08. The molecule has 0 aliphatic heterocycles. The standard InChI is InChI=1S/C17H12F3N5O2/c1-2-27-11-5-3-10(4-6-11)24-8-7-13-12(14(24)26)9-21-16-22-15(17(18,19)20)23-25(13)16/h3-9H,2H2,1H3. The molecule has 3 heterocycles. The maximum absolute atomic E-state index is 12.8. The predicted octanol–water partition coefficient (Wildman–Crippen LogP) is 2.85. The third-order valence-corrected chi connectivity index (χ3v) is 3.91. The fourth-order valence-electron chi connectivity index (χ4n) is 2.71. The van der Waals surface area contributed by atoms with Crippen molar-refractivity contribution in [3.8, 4) is 11.4 Å². The molecule has 0 radical (unpaired) electrons. The summed E-state index contributed by atoms with van der Waals surface area (Å²) in [4.78, 5) is 20.0. The van der Waals surface area contributed by atoms with Crippen molar-refractivity contribution in [2.45, 2.75) is 13.1 Å². The smallest absolute Gasteiger partial charge is 0.453 e. The van der Waals surface area contributed by atoms with Gasteiger partial charge >= 0.3 is 6.18 Å². The van der Waals surface area contributed by atoms with Crippen LogP contribution < -0.4 is 10.3 Å². The van der Waals surface area contributed by atoms with Crippen LogP contribution in [0.1, 0.15) is 12.7 Å². The van der Waals surface area contributed by atoms with E-state index in [4.69, 9.17) is 4.74 Å². The van der Waals surface area contributed by atoms with Crippen molar-refractivity contribution in [2.75, 3.05) is 6.61 Å². The fourth-order valence-corrected chi connectivity index (χ4v) is 2.71. The lowest BCUT2D eigenvalue weighted by atomic mass is 10.2. The summed E-state index contributed by atoms with van der Waals surface area (Å²) in [6, 6.07) is 8.37. The number of hydrogen-bond acceptors (Lipinski definition) is 5. The van der Waals surface area contributed by atoms with Crippen LogP contribution in [-0.2, 0) is 6.18 Å². The molecule has 4 rings (SSSR count). The Morgan fingerprint density at radius 2 is 1.89 bits per heavy atom. The Hall–Kier alpha value is -3.43. The molecule has 27 heavy (non-hydrogen) atoms. The molecule has 10 heteroatoms. The van der Waals surface area contributed by atoms with Crippen LogP contribution in [0.3, 0.4) is 0 Å². The van der Waals surface area contributed by atoms with Crippen molar-refractivity contribution >= 4 is 16.7 Å². The number of rotatable bonds is 3. The van der Waals surface area contributed by atoms with Crippen molar-refractivity contribution in [3.05, 3.63) is 58.9 Å². The van der Waals surface area contributed by atoms with Gasteiger partial charge in [-0.1, -0.05) is 0 Å². The van der Waals surface area contributed by atoms with Gasteiger partial charge in [-0.3, -0.25) is 9.36 Å². The van der Waals surface area contributed by atoms with Gasteiger partial charge in [-0.25, -0.2) is 4.98 Å². The van der Waals surface area contributed by atoms with E-state index >= 15 is 0 Å². The van der Waals surface area contributed by atoms with Gasteiger partial charge in [-0.2, -0.15) is 22.7 Å². The molecule has 0 aliphatic carbocycles. The Kier molecular flexibility index (Phi) is 3.83. The third kappa shape index (κ3) is 2.88. The normalized spacial score (nSPS) is 12.0. The summed E-state index contributed by atoms with van der Waals surface area (Å²) in [6.07, 6.45) is -2.03. The van der Waals surface area contributed by atoms with E-state index in [9.17, 15) is 18.0 Å². The predicted molar refractivity (Wildman–Crippen MR) is 90.1 cm³/mol. The summed E-state index contributed by atoms with van der Waals surface area (Å²) in [5.74, 6) is -0.869. The fraction of sp³-hybridized carbons (Fsp3) is 0.176. The van der Waals surface area contributed by atoms with E-state index in [0.717, 1.165) is 4.52 Å². The Bertz CT molecular complexity index is 1200. The Labute approximate surface area is 149 Å². The van der Waals surface area contributed by atoms with Gasteiger partial charge in [-0.15, -0.1) is 5.10 Å². The van der Waals surface area contributed by atoms with Crippen molar-refractivity contribution in [1.82, 2.24) is 24.1 Å². The average molecular weight is 375 g/mol. The number of ether oxygens (including phenoxy) is 1. The lowest BCUT2D eigenvalue weighted by Gasteiger charge is -2.09. The van der Waals surface area contributed by atoms with E-state index in [1.54, 1.807) is 24.3 Å². The first-order valence-corrected chi connectivity index (χ1v) is 7.96. The molecule has 0 fully saturated rings. The molecular weight excluding hydrogens is 363 g/mol. The number of aromatic nitrogens is 5. The zero-order chi connectivity index (χ0) is 19.2. The largest absolute Gasteiger partial charge is 0.494 e. The minimum absolute atomic E-state index is 0.123. The Balaban J connectivity index is 1.87. The molecule has 138 valence electrons. The second-order valence-electron chi connectivity index (χ2n) is 5.62. The van der Waals surface area contributed by atoms with Crippen LogP contribution in [-0.4, -0.2) is 30.8 Å². The molecule has 0 atom stereocenters. The quantitative estimate of drug-likeness (QED) is 0.551. The molecule has 4 aromatic rings. The number of alkyl halides is 3. The first-order valence-electron chi connectivity index (χ1n) is 7.96. The van der Waals surface area contributed by atoms with Gasteiger partial charge in [0, 0.05) is 18.1 Å². The number of pyridine rings is 1. The SMILES string of the molecule is CCOc1ccc(-n2ccc3c(cnc4nc(C(F)(F)F)nn43)c2=O)cc1. The monoisotopic (exact) mass is 375 g/mol. The number of halogens is 3. The van der Waals surface area contributed by atoms with Gasteiger partial charge in [-0.05, 0) is 37.3 Å². The highest BCUT2D eigenvalue weighted by Crippen LogP contribution is 2.27. The van der Waals surface area contributed by atoms with E-state index in [1.807, 2.05) is 6.92 Å². The number of benzene rings is 1. The molecule has 3 aromatic heterocycles. The van der Waals surface area contributed by atoms with Gasteiger partial charge in [0.1, 0.15) is 5.75 Å². The van der Waals surface area contributed by atoms with Crippen LogP contribution in [0.2, 0.25) is 0 Å². The van der Waals surface area contributed by atoms with Crippen molar-refractivity contribution in [3.63, 3.8) is 0 Å². The van der Waals surface area contributed by atoms with E-state index < -0.39 is 17.6 Å².